The van der Waals surface area contributed by atoms with Crippen LogP contribution in [-0.4, -0.2) is 22.3 Å². The number of carbonyl (C=O) groups excluding carboxylic acids is 1. The maximum Gasteiger partial charge on any atom is 0.263 e. The number of aromatic nitrogens is 2. The van der Waals surface area contributed by atoms with Gasteiger partial charge in [0.1, 0.15) is 11.6 Å². The molecule has 1 heterocycles. The van der Waals surface area contributed by atoms with Crippen LogP contribution in [0.15, 0.2) is 30.5 Å². The number of ether oxygens (including phenoxy) is 1. The zero-order valence-corrected chi connectivity index (χ0v) is 13.7. The first-order valence-electron chi connectivity index (χ1n) is 7.23. The molecule has 0 unspecified atom stereocenters. The van der Waals surface area contributed by atoms with Crippen molar-refractivity contribution in [1.29, 1.82) is 0 Å². The molecule has 1 N–H and O–H groups in total. The number of halogens is 1. The van der Waals surface area contributed by atoms with E-state index in [1.54, 1.807) is 35.1 Å². The predicted molar refractivity (Wildman–Crippen MR) is 87.5 cm³/mol. The fraction of sp³-hybridized carbons (Fsp3) is 0.375. The molecule has 1 aromatic heterocycles. The summed E-state index contributed by atoms with van der Waals surface area (Å²) in [5, 5.41) is 7.69. The van der Waals surface area contributed by atoms with Crippen LogP contribution >= 0.6 is 11.6 Å². The maximum absolute atomic E-state index is 12.0. The molecular formula is C16H20ClN3O2. The van der Waals surface area contributed by atoms with Gasteiger partial charge in [0.15, 0.2) is 6.61 Å². The third kappa shape index (κ3) is 4.01. The third-order valence-corrected chi connectivity index (χ3v) is 3.68. The van der Waals surface area contributed by atoms with Gasteiger partial charge in [-0.3, -0.25) is 4.79 Å². The Balaban J connectivity index is 1.95. The van der Waals surface area contributed by atoms with Gasteiger partial charge in [0.05, 0.1) is 12.2 Å². The predicted octanol–water partition coefficient (Wildman–Crippen LogP) is 3.83. The number of rotatable bonds is 6. The number of aryl methyl sites for hydroxylation is 1. The summed E-state index contributed by atoms with van der Waals surface area (Å²) in [4.78, 5) is 12.0. The first-order chi connectivity index (χ1) is 10.5. The molecule has 0 radical (unpaired) electrons. The molecule has 1 atom stereocenters. The van der Waals surface area contributed by atoms with E-state index < -0.39 is 0 Å². The highest BCUT2D eigenvalue weighted by atomic mass is 35.5. The molecule has 1 amide bonds. The van der Waals surface area contributed by atoms with E-state index in [1.165, 1.54) is 0 Å². The van der Waals surface area contributed by atoms with Crippen molar-refractivity contribution in [3.63, 3.8) is 0 Å². The molecular weight excluding hydrogens is 302 g/mol. The molecule has 0 bridgehead atoms. The average Bonchev–Trinajstić information content (AvgIpc) is 2.93. The van der Waals surface area contributed by atoms with Crippen molar-refractivity contribution in [3.8, 4) is 5.75 Å². The zero-order chi connectivity index (χ0) is 16.1. The van der Waals surface area contributed by atoms with E-state index in [-0.39, 0.29) is 18.6 Å². The van der Waals surface area contributed by atoms with Gasteiger partial charge >= 0.3 is 0 Å². The molecule has 0 spiro atoms. The van der Waals surface area contributed by atoms with Crippen LogP contribution in [0.2, 0.25) is 5.02 Å². The van der Waals surface area contributed by atoms with Crippen molar-refractivity contribution >= 4 is 23.3 Å². The molecule has 1 aromatic carbocycles. The Bertz CT molecular complexity index is 655. The summed E-state index contributed by atoms with van der Waals surface area (Å²) >= 11 is 5.89. The lowest BCUT2D eigenvalue weighted by Gasteiger charge is -2.14. The molecule has 22 heavy (non-hydrogen) atoms. The Labute approximate surface area is 135 Å². The highest BCUT2D eigenvalue weighted by Crippen LogP contribution is 2.22. The van der Waals surface area contributed by atoms with Gasteiger partial charge < -0.3 is 10.1 Å². The Morgan fingerprint density at radius 2 is 2.23 bits per heavy atom. The van der Waals surface area contributed by atoms with Crippen LogP contribution in [0.5, 0.6) is 5.75 Å². The summed E-state index contributed by atoms with van der Waals surface area (Å²) in [5.74, 6) is 1.10. The molecule has 6 heteroatoms. The summed E-state index contributed by atoms with van der Waals surface area (Å²) in [6.45, 7) is 5.95. The molecule has 2 rings (SSSR count). The lowest BCUT2D eigenvalue weighted by atomic mass is 10.2. The fourth-order valence-electron chi connectivity index (χ4n) is 2.03. The summed E-state index contributed by atoms with van der Waals surface area (Å²) in [7, 11) is 0. The molecule has 5 nitrogen and oxygen atoms in total. The number of benzene rings is 1. The van der Waals surface area contributed by atoms with Gasteiger partial charge in [-0.2, -0.15) is 5.10 Å². The van der Waals surface area contributed by atoms with Gasteiger partial charge in [-0.05, 0) is 44.0 Å². The van der Waals surface area contributed by atoms with Crippen molar-refractivity contribution in [1.82, 2.24) is 9.78 Å². The van der Waals surface area contributed by atoms with Crippen LogP contribution in [0.3, 0.4) is 0 Å². The van der Waals surface area contributed by atoms with Crippen LogP contribution in [0.1, 0.15) is 31.9 Å². The van der Waals surface area contributed by atoms with E-state index in [1.807, 2.05) is 6.92 Å². The minimum absolute atomic E-state index is 0.0614. The zero-order valence-electron chi connectivity index (χ0n) is 13.0. The van der Waals surface area contributed by atoms with Gasteiger partial charge in [0.25, 0.3) is 5.91 Å². The standard InChI is InChI=1S/C16H20ClN3O2/c1-4-12(3)20-15(7-8-18-20)19-16(21)10-22-14-6-5-13(17)9-11(14)2/h5-9,12H,4,10H2,1-3H3,(H,19,21)/t12-/m0/s1. The largest absolute Gasteiger partial charge is 0.483 e. The minimum Gasteiger partial charge on any atom is -0.483 e. The lowest BCUT2D eigenvalue weighted by molar-refractivity contribution is -0.118. The SMILES string of the molecule is CC[C@H](C)n1nccc1NC(=O)COc1ccc(Cl)cc1C. The molecule has 0 aliphatic rings. The van der Waals surface area contributed by atoms with Crippen LogP contribution in [0, 0.1) is 6.92 Å². The molecule has 2 aromatic rings. The Hall–Kier alpha value is -2.01. The highest BCUT2D eigenvalue weighted by molar-refractivity contribution is 6.30. The molecule has 0 saturated carbocycles. The number of nitrogens with one attached hydrogen (secondary N) is 1. The van der Waals surface area contributed by atoms with E-state index in [9.17, 15) is 4.79 Å². The van der Waals surface area contributed by atoms with E-state index in [2.05, 4.69) is 24.3 Å². The van der Waals surface area contributed by atoms with E-state index in [4.69, 9.17) is 16.3 Å². The number of anilines is 1. The second-order valence-corrected chi connectivity index (χ2v) is 5.60. The maximum atomic E-state index is 12.0. The van der Waals surface area contributed by atoms with Crippen LogP contribution < -0.4 is 10.1 Å². The topological polar surface area (TPSA) is 56.2 Å². The van der Waals surface area contributed by atoms with Crippen LogP contribution in [-0.2, 0) is 4.79 Å². The van der Waals surface area contributed by atoms with E-state index >= 15 is 0 Å². The number of carbonyl (C=O) groups is 1. The number of nitrogens with zero attached hydrogens (tertiary/aromatic N) is 2. The third-order valence-electron chi connectivity index (χ3n) is 3.44. The molecule has 0 aliphatic carbocycles. The van der Waals surface area contributed by atoms with Gasteiger partial charge in [0.2, 0.25) is 0 Å². The number of amides is 1. The summed E-state index contributed by atoms with van der Waals surface area (Å²) < 4.78 is 7.33. The number of hydrogen-bond acceptors (Lipinski definition) is 3. The van der Waals surface area contributed by atoms with E-state index in [0.29, 0.717) is 16.6 Å². The van der Waals surface area contributed by atoms with Crippen molar-refractivity contribution < 1.29 is 9.53 Å². The quantitative estimate of drug-likeness (QED) is 0.879. The summed E-state index contributed by atoms with van der Waals surface area (Å²) in [6, 6.07) is 7.29. The van der Waals surface area contributed by atoms with Crippen molar-refractivity contribution in [2.24, 2.45) is 0 Å². The van der Waals surface area contributed by atoms with Crippen molar-refractivity contribution in [3.05, 3.63) is 41.0 Å². The number of hydrogen-bond donors (Lipinski definition) is 1. The first-order valence-corrected chi connectivity index (χ1v) is 7.61. The van der Waals surface area contributed by atoms with Gasteiger partial charge in [-0.25, -0.2) is 4.68 Å². The fourth-order valence-corrected chi connectivity index (χ4v) is 2.26. The normalized spacial score (nSPS) is 12.0. The molecule has 0 saturated heterocycles. The second kappa shape index (κ2) is 7.31. The summed E-state index contributed by atoms with van der Waals surface area (Å²) in [5.41, 5.74) is 0.893. The second-order valence-electron chi connectivity index (χ2n) is 5.16. The molecule has 0 fully saturated rings. The van der Waals surface area contributed by atoms with Crippen molar-refractivity contribution in [2.45, 2.75) is 33.2 Å². The average molecular weight is 322 g/mol. The Morgan fingerprint density at radius 3 is 2.91 bits per heavy atom. The van der Waals surface area contributed by atoms with Gasteiger partial charge in [0, 0.05) is 11.1 Å². The van der Waals surface area contributed by atoms with Gasteiger partial charge in [-0.1, -0.05) is 18.5 Å². The molecule has 0 aliphatic heterocycles. The van der Waals surface area contributed by atoms with E-state index in [0.717, 1.165) is 12.0 Å². The first kappa shape index (κ1) is 16.4. The summed E-state index contributed by atoms with van der Waals surface area (Å²) in [6.07, 6.45) is 2.61. The van der Waals surface area contributed by atoms with Crippen LogP contribution in [0.25, 0.3) is 0 Å². The molecule has 118 valence electrons. The van der Waals surface area contributed by atoms with Gasteiger partial charge in [-0.15, -0.1) is 0 Å². The van der Waals surface area contributed by atoms with Crippen molar-refractivity contribution in [2.75, 3.05) is 11.9 Å². The lowest BCUT2D eigenvalue weighted by Crippen LogP contribution is -2.23. The highest BCUT2D eigenvalue weighted by Gasteiger charge is 2.12. The monoisotopic (exact) mass is 321 g/mol. The smallest absolute Gasteiger partial charge is 0.263 e. The minimum atomic E-state index is -0.223. The Morgan fingerprint density at radius 1 is 1.45 bits per heavy atom. The van der Waals surface area contributed by atoms with Crippen LogP contribution in [0.4, 0.5) is 5.82 Å². The Kier molecular flexibility index (Phi) is 5.44.